The van der Waals surface area contributed by atoms with E-state index < -0.39 is 0 Å². The molecule has 4 nitrogen and oxygen atoms in total. The van der Waals surface area contributed by atoms with Crippen LogP contribution in [0.2, 0.25) is 0 Å². The van der Waals surface area contributed by atoms with Crippen molar-refractivity contribution in [2.24, 2.45) is 5.92 Å². The fourth-order valence-corrected chi connectivity index (χ4v) is 1.47. The van der Waals surface area contributed by atoms with Crippen molar-refractivity contribution < 1.29 is 0 Å². The van der Waals surface area contributed by atoms with Crippen molar-refractivity contribution in [3.8, 4) is 5.69 Å². The molecule has 1 aromatic carbocycles. The molecule has 4 heteroatoms. The van der Waals surface area contributed by atoms with Crippen molar-refractivity contribution in [2.75, 3.05) is 11.9 Å². The Bertz CT molecular complexity index is 434. The fourth-order valence-electron chi connectivity index (χ4n) is 1.47. The number of benzene rings is 1. The summed E-state index contributed by atoms with van der Waals surface area (Å²) < 4.78 is 1.77. The van der Waals surface area contributed by atoms with E-state index in [9.17, 15) is 0 Å². The smallest absolute Gasteiger partial charge is 0.138 e. The summed E-state index contributed by atoms with van der Waals surface area (Å²) in [6.45, 7) is 5.32. The van der Waals surface area contributed by atoms with E-state index in [1.54, 1.807) is 17.3 Å². The van der Waals surface area contributed by atoms with Crippen molar-refractivity contribution in [1.82, 2.24) is 14.8 Å². The molecule has 0 spiro atoms. The lowest BCUT2D eigenvalue weighted by atomic mass is 10.2. The van der Waals surface area contributed by atoms with E-state index in [-0.39, 0.29) is 0 Å². The van der Waals surface area contributed by atoms with Crippen LogP contribution in [0.3, 0.4) is 0 Å². The lowest BCUT2D eigenvalue weighted by Gasteiger charge is -2.12. The van der Waals surface area contributed by atoms with Crippen LogP contribution in [0.1, 0.15) is 13.8 Å². The van der Waals surface area contributed by atoms with Gasteiger partial charge in [0.05, 0.1) is 11.4 Å². The molecule has 0 atom stereocenters. The third-order valence-electron chi connectivity index (χ3n) is 2.27. The van der Waals surface area contributed by atoms with Gasteiger partial charge in [0, 0.05) is 6.54 Å². The van der Waals surface area contributed by atoms with Crippen LogP contribution in [-0.4, -0.2) is 21.3 Å². The summed E-state index contributed by atoms with van der Waals surface area (Å²) in [7, 11) is 0. The summed E-state index contributed by atoms with van der Waals surface area (Å²) in [6.07, 6.45) is 3.25. The number of para-hydroxylation sites is 2. The average Bonchev–Trinajstić information content (AvgIpc) is 2.80. The van der Waals surface area contributed by atoms with Gasteiger partial charge in [-0.3, -0.25) is 0 Å². The molecule has 1 N–H and O–H groups in total. The Balaban J connectivity index is 2.24. The lowest BCUT2D eigenvalue weighted by Crippen LogP contribution is -2.10. The first kappa shape index (κ1) is 10.7. The van der Waals surface area contributed by atoms with Crippen molar-refractivity contribution in [3.63, 3.8) is 0 Å². The molecule has 0 aliphatic rings. The van der Waals surface area contributed by atoms with Crippen LogP contribution in [0, 0.1) is 5.92 Å². The standard InChI is InChI=1S/C12H16N4/c1-10(2)7-14-11-5-3-4-6-12(11)16-9-13-8-15-16/h3-6,8-10,14H,7H2,1-2H3. The minimum Gasteiger partial charge on any atom is -0.383 e. The summed E-state index contributed by atoms with van der Waals surface area (Å²) in [6, 6.07) is 8.09. The molecule has 0 fully saturated rings. The van der Waals surface area contributed by atoms with Gasteiger partial charge >= 0.3 is 0 Å². The number of aromatic nitrogens is 3. The SMILES string of the molecule is CC(C)CNc1ccccc1-n1cncn1. The van der Waals surface area contributed by atoms with Gasteiger partial charge in [0.1, 0.15) is 12.7 Å². The highest BCUT2D eigenvalue weighted by Crippen LogP contribution is 2.18. The second-order valence-corrected chi connectivity index (χ2v) is 4.13. The Kier molecular flexibility index (Phi) is 3.19. The van der Waals surface area contributed by atoms with E-state index in [2.05, 4.69) is 35.3 Å². The highest BCUT2D eigenvalue weighted by Gasteiger charge is 2.04. The van der Waals surface area contributed by atoms with E-state index in [4.69, 9.17) is 0 Å². The van der Waals surface area contributed by atoms with E-state index in [1.807, 2.05) is 18.2 Å². The molecule has 84 valence electrons. The molecule has 0 aliphatic heterocycles. The molecule has 2 rings (SSSR count). The first-order valence-electron chi connectivity index (χ1n) is 5.45. The maximum absolute atomic E-state index is 4.14. The monoisotopic (exact) mass is 216 g/mol. The molecule has 1 aromatic heterocycles. The number of hydrogen-bond acceptors (Lipinski definition) is 3. The topological polar surface area (TPSA) is 42.7 Å². The average molecular weight is 216 g/mol. The highest BCUT2D eigenvalue weighted by atomic mass is 15.3. The zero-order valence-electron chi connectivity index (χ0n) is 9.59. The van der Waals surface area contributed by atoms with Gasteiger partial charge in [-0.2, -0.15) is 5.10 Å². The van der Waals surface area contributed by atoms with Gasteiger partial charge in [0.15, 0.2) is 0 Å². The zero-order chi connectivity index (χ0) is 11.4. The van der Waals surface area contributed by atoms with Crippen molar-refractivity contribution in [2.45, 2.75) is 13.8 Å². The number of hydrogen-bond donors (Lipinski definition) is 1. The van der Waals surface area contributed by atoms with Gasteiger partial charge in [-0.25, -0.2) is 9.67 Å². The molecular weight excluding hydrogens is 200 g/mol. The first-order chi connectivity index (χ1) is 7.77. The number of nitrogens with one attached hydrogen (secondary N) is 1. The van der Waals surface area contributed by atoms with E-state index in [1.165, 1.54) is 0 Å². The van der Waals surface area contributed by atoms with Crippen molar-refractivity contribution in [1.29, 1.82) is 0 Å². The molecule has 0 saturated carbocycles. The number of rotatable bonds is 4. The van der Waals surface area contributed by atoms with Crippen LogP contribution in [0.4, 0.5) is 5.69 Å². The Morgan fingerprint density at radius 3 is 2.81 bits per heavy atom. The second-order valence-electron chi connectivity index (χ2n) is 4.13. The van der Waals surface area contributed by atoms with Gasteiger partial charge < -0.3 is 5.32 Å². The summed E-state index contributed by atoms with van der Waals surface area (Å²) in [5.41, 5.74) is 2.11. The molecule has 0 aliphatic carbocycles. The molecule has 0 bridgehead atoms. The predicted octanol–water partition coefficient (Wildman–Crippen LogP) is 2.34. The Morgan fingerprint density at radius 1 is 1.31 bits per heavy atom. The third kappa shape index (κ3) is 2.39. The van der Waals surface area contributed by atoms with Crippen LogP contribution >= 0.6 is 0 Å². The zero-order valence-corrected chi connectivity index (χ0v) is 9.59. The van der Waals surface area contributed by atoms with Gasteiger partial charge in [0.2, 0.25) is 0 Å². The van der Waals surface area contributed by atoms with E-state index in [0.29, 0.717) is 5.92 Å². The summed E-state index contributed by atoms with van der Waals surface area (Å²) in [5.74, 6) is 0.615. The molecule has 1 heterocycles. The maximum Gasteiger partial charge on any atom is 0.138 e. The van der Waals surface area contributed by atoms with Crippen LogP contribution in [0.5, 0.6) is 0 Å². The van der Waals surface area contributed by atoms with Crippen LogP contribution in [0.25, 0.3) is 5.69 Å². The van der Waals surface area contributed by atoms with Crippen LogP contribution in [-0.2, 0) is 0 Å². The Morgan fingerprint density at radius 2 is 2.12 bits per heavy atom. The van der Waals surface area contributed by atoms with Gasteiger partial charge in [-0.15, -0.1) is 0 Å². The third-order valence-corrected chi connectivity index (χ3v) is 2.27. The summed E-state index contributed by atoms with van der Waals surface area (Å²) >= 11 is 0. The first-order valence-corrected chi connectivity index (χ1v) is 5.45. The molecule has 0 saturated heterocycles. The molecule has 2 aromatic rings. The minimum absolute atomic E-state index is 0.615. The van der Waals surface area contributed by atoms with Crippen molar-refractivity contribution in [3.05, 3.63) is 36.9 Å². The second kappa shape index (κ2) is 4.79. The number of anilines is 1. The Hall–Kier alpha value is -1.84. The van der Waals surface area contributed by atoms with E-state index in [0.717, 1.165) is 17.9 Å². The minimum atomic E-state index is 0.615. The molecule has 0 unspecified atom stereocenters. The summed E-state index contributed by atoms with van der Waals surface area (Å²) in [4.78, 5) is 3.96. The maximum atomic E-state index is 4.14. The normalized spacial score (nSPS) is 10.7. The largest absolute Gasteiger partial charge is 0.383 e. The molecule has 0 radical (unpaired) electrons. The summed E-state index contributed by atoms with van der Waals surface area (Å²) in [5, 5.41) is 7.55. The Labute approximate surface area is 95.3 Å². The fraction of sp³-hybridized carbons (Fsp3) is 0.333. The predicted molar refractivity (Wildman–Crippen MR) is 64.7 cm³/mol. The van der Waals surface area contributed by atoms with Gasteiger partial charge in [0.25, 0.3) is 0 Å². The van der Waals surface area contributed by atoms with Crippen LogP contribution < -0.4 is 5.32 Å². The molecule has 0 amide bonds. The van der Waals surface area contributed by atoms with Crippen LogP contribution in [0.15, 0.2) is 36.9 Å². The van der Waals surface area contributed by atoms with Gasteiger partial charge in [-0.1, -0.05) is 26.0 Å². The molecule has 16 heavy (non-hydrogen) atoms. The highest BCUT2D eigenvalue weighted by molar-refractivity contribution is 5.60. The quantitative estimate of drug-likeness (QED) is 0.853. The van der Waals surface area contributed by atoms with Gasteiger partial charge in [-0.05, 0) is 18.1 Å². The number of nitrogens with zero attached hydrogens (tertiary/aromatic N) is 3. The van der Waals surface area contributed by atoms with Crippen molar-refractivity contribution >= 4 is 5.69 Å². The molecular formula is C12H16N4. The lowest BCUT2D eigenvalue weighted by molar-refractivity contribution is 0.688. The van der Waals surface area contributed by atoms with E-state index >= 15 is 0 Å².